The first-order valence-electron chi connectivity index (χ1n) is 14.7. The number of alkyl halides is 3. The van der Waals surface area contributed by atoms with Crippen molar-refractivity contribution in [1.82, 2.24) is 9.80 Å². The molecule has 0 N–H and O–H groups in total. The van der Waals surface area contributed by atoms with E-state index in [9.17, 15) is 18.0 Å². The second-order valence-electron chi connectivity index (χ2n) is 12.3. The van der Waals surface area contributed by atoms with Crippen molar-refractivity contribution in [3.63, 3.8) is 0 Å². The average Bonchev–Trinajstić information content (AvgIpc) is 3.14. The summed E-state index contributed by atoms with van der Waals surface area (Å²) in [6, 6.07) is 15.7. The maximum Gasteiger partial charge on any atom is 0.446 e. The van der Waals surface area contributed by atoms with E-state index in [2.05, 4.69) is 54.8 Å². The molecule has 0 bridgehead atoms. The molecular formula is C33H48F3N3OS. The predicted molar refractivity (Wildman–Crippen MR) is 166 cm³/mol. The highest BCUT2D eigenvalue weighted by Crippen LogP contribution is 2.37. The topological polar surface area (TPSA) is 26.8 Å². The molecule has 2 aliphatic heterocycles. The molecule has 2 aromatic rings. The van der Waals surface area contributed by atoms with Crippen molar-refractivity contribution in [3.8, 4) is 0 Å². The van der Waals surface area contributed by atoms with Gasteiger partial charge < -0.3 is 14.7 Å². The summed E-state index contributed by atoms with van der Waals surface area (Å²) in [7, 11) is 0. The third-order valence-corrected chi connectivity index (χ3v) is 8.84. The second kappa shape index (κ2) is 14.8. The summed E-state index contributed by atoms with van der Waals surface area (Å²) in [4.78, 5) is 20.2. The zero-order valence-corrected chi connectivity index (χ0v) is 25.0. The molecule has 2 aromatic carbocycles. The van der Waals surface area contributed by atoms with Crippen LogP contribution in [0.4, 0.5) is 18.9 Å². The number of carbonyl (C=O) groups excluding carboxylic acids is 1. The van der Waals surface area contributed by atoms with E-state index in [4.69, 9.17) is 0 Å². The van der Waals surface area contributed by atoms with Gasteiger partial charge in [0.1, 0.15) is 0 Å². The lowest BCUT2D eigenvalue weighted by Crippen LogP contribution is -2.40. The fourth-order valence-corrected chi connectivity index (χ4v) is 6.40. The Morgan fingerprint density at radius 2 is 1.61 bits per heavy atom. The summed E-state index contributed by atoms with van der Waals surface area (Å²) in [6.07, 6.45) is 5.40. The lowest BCUT2D eigenvalue weighted by Gasteiger charge is -2.33. The first-order valence-corrected chi connectivity index (χ1v) is 15.5. The van der Waals surface area contributed by atoms with Crippen molar-refractivity contribution >= 4 is 23.4 Å². The van der Waals surface area contributed by atoms with Gasteiger partial charge in [0.2, 0.25) is 5.91 Å². The molecule has 2 saturated heterocycles. The fraction of sp³-hybridized carbons (Fsp3) is 0.606. The van der Waals surface area contributed by atoms with Crippen LogP contribution in [0.5, 0.6) is 0 Å². The van der Waals surface area contributed by atoms with Gasteiger partial charge in [-0.3, -0.25) is 4.79 Å². The summed E-state index contributed by atoms with van der Waals surface area (Å²) >= 11 is -0.0800. The SMILES string of the molecule is C.CC(C)(C)c1ccc(N2CCCN(CCCC(=O)N3CCC[C@H](Cc4ccc(SC(F)(F)F)cc4)C3)CC2)cc1. The molecule has 4 nitrogen and oxygen atoms in total. The van der Waals surface area contributed by atoms with Gasteiger partial charge in [-0.2, -0.15) is 13.2 Å². The first-order chi connectivity index (χ1) is 19.0. The van der Waals surface area contributed by atoms with E-state index in [1.165, 1.54) is 11.3 Å². The molecule has 8 heteroatoms. The number of amides is 1. The van der Waals surface area contributed by atoms with Gasteiger partial charge in [-0.1, -0.05) is 52.5 Å². The highest BCUT2D eigenvalue weighted by molar-refractivity contribution is 8.00. The van der Waals surface area contributed by atoms with Crippen molar-refractivity contribution in [2.45, 2.75) is 82.5 Å². The van der Waals surface area contributed by atoms with Gasteiger partial charge in [-0.25, -0.2) is 0 Å². The minimum Gasteiger partial charge on any atom is -0.370 e. The number of piperidine rings is 1. The highest BCUT2D eigenvalue weighted by atomic mass is 32.2. The van der Waals surface area contributed by atoms with Gasteiger partial charge in [-0.15, -0.1) is 0 Å². The molecular weight excluding hydrogens is 543 g/mol. The van der Waals surface area contributed by atoms with Crippen LogP contribution < -0.4 is 4.90 Å². The van der Waals surface area contributed by atoms with E-state index < -0.39 is 5.51 Å². The number of rotatable bonds is 8. The zero-order chi connectivity index (χ0) is 28.8. The van der Waals surface area contributed by atoms with Crippen LogP contribution in [0.2, 0.25) is 0 Å². The molecule has 4 rings (SSSR count). The number of benzene rings is 2. The van der Waals surface area contributed by atoms with Gasteiger partial charge in [0.05, 0.1) is 0 Å². The Labute approximate surface area is 249 Å². The van der Waals surface area contributed by atoms with Crippen molar-refractivity contribution < 1.29 is 18.0 Å². The van der Waals surface area contributed by atoms with E-state index in [0.717, 1.165) is 83.5 Å². The molecule has 2 fully saturated rings. The number of likely N-dealkylation sites (tertiary alicyclic amines) is 1. The number of anilines is 1. The Kier molecular flexibility index (Phi) is 12.0. The van der Waals surface area contributed by atoms with Crippen LogP contribution in [0.1, 0.15) is 71.4 Å². The molecule has 1 amide bonds. The van der Waals surface area contributed by atoms with E-state index in [1.54, 1.807) is 24.3 Å². The van der Waals surface area contributed by atoms with Crippen LogP contribution in [-0.2, 0) is 16.6 Å². The lowest BCUT2D eigenvalue weighted by molar-refractivity contribution is -0.133. The minimum absolute atomic E-state index is 0. The van der Waals surface area contributed by atoms with Crippen LogP contribution in [0.25, 0.3) is 0 Å². The van der Waals surface area contributed by atoms with E-state index >= 15 is 0 Å². The van der Waals surface area contributed by atoms with Crippen molar-refractivity contribution in [2.24, 2.45) is 5.92 Å². The van der Waals surface area contributed by atoms with Crippen LogP contribution in [0.15, 0.2) is 53.4 Å². The minimum atomic E-state index is -4.27. The number of hydrogen-bond acceptors (Lipinski definition) is 4. The fourth-order valence-electron chi connectivity index (χ4n) is 5.86. The number of carbonyl (C=O) groups is 1. The summed E-state index contributed by atoms with van der Waals surface area (Å²) in [5, 5.41) is 0. The summed E-state index contributed by atoms with van der Waals surface area (Å²) in [6.45, 7) is 13.4. The van der Waals surface area contributed by atoms with Crippen molar-refractivity contribution in [1.29, 1.82) is 0 Å². The molecule has 1 atom stereocenters. The molecule has 228 valence electrons. The second-order valence-corrected chi connectivity index (χ2v) is 13.5. The molecule has 2 aliphatic rings. The van der Waals surface area contributed by atoms with Crippen molar-refractivity contribution in [2.75, 3.05) is 50.7 Å². The number of nitrogens with zero attached hydrogens (tertiary/aromatic N) is 3. The van der Waals surface area contributed by atoms with Crippen LogP contribution >= 0.6 is 11.8 Å². The van der Waals surface area contributed by atoms with Gasteiger partial charge >= 0.3 is 5.51 Å². The molecule has 41 heavy (non-hydrogen) atoms. The molecule has 0 spiro atoms. The Morgan fingerprint density at radius 3 is 2.27 bits per heavy atom. The maximum absolute atomic E-state index is 13.0. The molecule has 0 saturated carbocycles. The van der Waals surface area contributed by atoms with E-state index in [0.29, 0.717) is 12.3 Å². The van der Waals surface area contributed by atoms with Gasteiger partial charge in [-0.05, 0) is 104 Å². The smallest absolute Gasteiger partial charge is 0.370 e. The van der Waals surface area contributed by atoms with Gasteiger partial charge in [0.15, 0.2) is 0 Å². The Hall–Kier alpha value is -2.19. The first kappa shape index (κ1) is 33.3. The molecule has 0 radical (unpaired) electrons. The Morgan fingerprint density at radius 1 is 0.902 bits per heavy atom. The summed E-state index contributed by atoms with van der Waals surface area (Å²) in [5.41, 5.74) is -0.422. The largest absolute Gasteiger partial charge is 0.446 e. The third-order valence-electron chi connectivity index (χ3n) is 8.10. The molecule has 2 heterocycles. The lowest BCUT2D eigenvalue weighted by atomic mass is 9.87. The van der Waals surface area contributed by atoms with Crippen LogP contribution in [0.3, 0.4) is 0 Å². The average molecular weight is 592 g/mol. The summed E-state index contributed by atoms with van der Waals surface area (Å²) < 4.78 is 37.8. The molecule has 0 aliphatic carbocycles. The predicted octanol–water partition coefficient (Wildman–Crippen LogP) is 8.01. The van der Waals surface area contributed by atoms with Crippen LogP contribution in [-0.4, -0.2) is 67.0 Å². The number of hydrogen-bond donors (Lipinski definition) is 0. The molecule has 0 unspecified atom stereocenters. The normalized spacial score (nSPS) is 19.0. The van der Waals surface area contributed by atoms with Gasteiger partial charge in [0.25, 0.3) is 0 Å². The van der Waals surface area contributed by atoms with E-state index in [1.807, 2.05) is 4.90 Å². The Bertz CT molecular complexity index is 1080. The van der Waals surface area contributed by atoms with Gasteiger partial charge in [0, 0.05) is 49.7 Å². The van der Waals surface area contributed by atoms with Crippen molar-refractivity contribution in [3.05, 3.63) is 59.7 Å². The third kappa shape index (κ3) is 10.5. The number of thioether (sulfide) groups is 1. The zero-order valence-electron chi connectivity index (χ0n) is 24.2. The number of halogens is 3. The van der Waals surface area contributed by atoms with Crippen LogP contribution in [0, 0.1) is 5.92 Å². The van der Waals surface area contributed by atoms with E-state index in [-0.39, 0.29) is 35.4 Å². The highest BCUT2D eigenvalue weighted by Gasteiger charge is 2.29. The molecule has 0 aromatic heterocycles. The maximum atomic E-state index is 13.0. The monoisotopic (exact) mass is 591 g/mol. The Balaban J connectivity index is 0.00000462. The summed E-state index contributed by atoms with van der Waals surface area (Å²) in [5.74, 6) is 0.588. The quantitative estimate of drug-likeness (QED) is 0.291. The standard InChI is InChI=1S/C32H44F3N3OS.CH4/c1-31(2,3)27-11-13-28(14-12-27)37-20-6-18-36(21-22-37)17-5-8-30(39)38-19-4-7-26(24-38)23-25-9-15-29(16-10-25)40-32(33,34)35;/h9-16,26H,4-8,17-24H2,1-3H3;1H4/t26-;/m1./s1.